The van der Waals surface area contributed by atoms with Gasteiger partial charge in [0, 0.05) is 12.5 Å². The molecule has 1 saturated heterocycles. The number of hydrogen-bond acceptors (Lipinski definition) is 6. The van der Waals surface area contributed by atoms with Crippen LogP contribution >= 0.6 is 0 Å². The molecule has 3 aliphatic rings. The van der Waals surface area contributed by atoms with E-state index < -0.39 is 5.97 Å². The summed E-state index contributed by atoms with van der Waals surface area (Å²) in [7, 11) is 1.46. The highest BCUT2D eigenvalue weighted by atomic mass is 16.6. The van der Waals surface area contributed by atoms with E-state index >= 15 is 0 Å². The van der Waals surface area contributed by atoms with Gasteiger partial charge in [-0.15, -0.1) is 0 Å². The average Bonchev–Trinajstić information content (AvgIpc) is 3.28. The molecule has 1 aromatic carbocycles. The van der Waals surface area contributed by atoms with Crippen LogP contribution in [0, 0.1) is 23.7 Å². The van der Waals surface area contributed by atoms with Crippen molar-refractivity contribution < 1.29 is 23.9 Å². The van der Waals surface area contributed by atoms with Crippen molar-refractivity contribution >= 4 is 24.0 Å². The SMILES string of the molecule is COc1cccc(C=NN2C(=O)[C@@H]3[C@H](C2=O)[C@H]2C=C[C@H]3C2)c1OC(C)=O. The summed E-state index contributed by atoms with van der Waals surface area (Å²) in [5.74, 6) is -0.787. The van der Waals surface area contributed by atoms with Gasteiger partial charge in [0.15, 0.2) is 11.5 Å². The van der Waals surface area contributed by atoms with E-state index in [0.717, 1.165) is 11.4 Å². The number of fused-ring (bicyclic) bond motifs is 5. The normalized spacial score (nSPS) is 28.9. The maximum absolute atomic E-state index is 12.6. The first kappa shape index (κ1) is 16.5. The van der Waals surface area contributed by atoms with E-state index in [2.05, 4.69) is 5.10 Å². The summed E-state index contributed by atoms with van der Waals surface area (Å²) in [6, 6.07) is 5.02. The van der Waals surface area contributed by atoms with Crippen molar-refractivity contribution in [1.29, 1.82) is 0 Å². The number of esters is 1. The largest absolute Gasteiger partial charge is 0.493 e. The van der Waals surface area contributed by atoms with E-state index in [1.165, 1.54) is 20.2 Å². The highest BCUT2D eigenvalue weighted by Crippen LogP contribution is 2.52. The van der Waals surface area contributed by atoms with Crippen LogP contribution in [0.1, 0.15) is 18.9 Å². The molecule has 4 rings (SSSR count). The minimum absolute atomic E-state index is 0.134. The van der Waals surface area contributed by atoms with E-state index in [9.17, 15) is 14.4 Å². The standard InChI is InChI=1S/C19H18N2O5/c1-10(22)26-17-13(4-3-5-14(17)25-2)9-20-21-18(23)15-11-6-7-12(8-11)16(15)19(21)24/h3-7,9,11-12,15-16H,8H2,1-2H3/t11-,12-,15-,16+/m0/s1. The van der Waals surface area contributed by atoms with Crippen molar-refractivity contribution in [3.8, 4) is 11.5 Å². The quantitative estimate of drug-likeness (QED) is 0.270. The molecular formula is C19H18N2O5. The number of nitrogens with zero attached hydrogens (tertiary/aromatic N) is 2. The molecule has 26 heavy (non-hydrogen) atoms. The molecule has 2 bridgehead atoms. The molecule has 0 aromatic heterocycles. The fraction of sp³-hybridized carbons (Fsp3) is 0.368. The van der Waals surface area contributed by atoms with Gasteiger partial charge < -0.3 is 9.47 Å². The number of allylic oxidation sites excluding steroid dienone is 2. The van der Waals surface area contributed by atoms with Crippen molar-refractivity contribution in [1.82, 2.24) is 5.01 Å². The number of benzene rings is 1. The zero-order valence-corrected chi connectivity index (χ0v) is 14.4. The first-order valence-corrected chi connectivity index (χ1v) is 8.46. The number of carbonyl (C=O) groups excluding carboxylic acids is 3. The second-order valence-corrected chi connectivity index (χ2v) is 6.70. The van der Waals surface area contributed by atoms with Crippen LogP contribution in [-0.4, -0.2) is 36.1 Å². The van der Waals surface area contributed by atoms with Crippen LogP contribution < -0.4 is 9.47 Å². The van der Waals surface area contributed by atoms with E-state index in [4.69, 9.17) is 9.47 Å². The fourth-order valence-corrected chi connectivity index (χ4v) is 4.17. The molecular weight excluding hydrogens is 336 g/mol. The third-order valence-electron chi connectivity index (χ3n) is 5.23. The van der Waals surface area contributed by atoms with Gasteiger partial charge in [0.25, 0.3) is 11.8 Å². The molecule has 4 atom stereocenters. The summed E-state index contributed by atoms with van der Waals surface area (Å²) in [6.07, 6.45) is 6.29. The van der Waals surface area contributed by atoms with E-state index in [1.54, 1.807) is 18.2 Å². The molecule has 2 amide bonds. The molecule has 1 aliphatic heterocycles. The Morgan fingerprint density at radius 3 is 2.42 bits per heavy atom. The molecule has 1 saturated carbocycles. The maximum Gasteiger partial charge on any atom is 0.308 e. The molecule has 0 unspecified atom stereocenters. The summed E-state index contributed by atoms with van der Waals surface area (Å²) in [6.45, 7) is 1.28. The molecule has 0 spiro atoms. The summed E-state index contributed by atoms with van der Waals surface area (Å²) >= 11 is 0. The van der Waals surface area contributed by atoms with E-state index in [-0.39, 0.29) is 41.2 Å². The number of amides is 2. The van der Waals surface area contributed by atoms with Crippen molar-refractivity contribution in [3.63, 3.8) is 0 Å². The minimum Gasteiger partial charge on any atom is -0.493 e. The number of para-hydroxylation sites is 1. The first-order valence-electron chi connectivity index (χ1n) is 8.46. The highest BCUT2D eigenvalue weighted by molar-refractivity contribution is 6.07. The Morgan fingerprint density at radius 2 is 1.85 bits per heavy atom. The van der Waals surface area contributed by atoms with Crippen LogP contribution in [-0.2, 0) is 14.4 Å². The highest BCUT2D eigenvalue weighted by Gasteiger charge is 2.59. The Hall–Kier alpha value is -2.96. The van der Waals surface area contributed by atoms with Gasteiger partial charge in [0.1, 0.15) is 0 Å². The lowest BCUT2D eigenvalue weighted by molar-refractivity contribution is -0.140. The molecule has 7 heteroatoms. The van der Waals surface area contributed by atoms with Crippen LogP contribution in [0.4, 0.5) is 0 Å². The van der Waals surface area contributed by atoms with E-state index in [0.29, 0.717) is 11.3 Å². The Kier molecular flexibility index (Phi) is 3.86. The van der Waals surface area contributed by atoms with Gasteiger partial charge in [-0.25, -0.2) is 0 Å². The van der Waals surface area contributed by atoms with Gasteiger partial charge in [-0.1, -0.05) is 18.2 Å². The summed E-state index contributed by atoms with van der Waals surface area (Å²) in [4.78, 5) is 36.6. The van der Waals surface area contributed by atoms with Crippen LogP contribution in [0.5, 0.6) is 11.5 Å². The van der Waals surface area contributed by atoms with Gasteiger partial charge in [0.05, 0.1) is 25.2 Å². The topological polar surface area (TPSA) is 85.3 Å². The fourth-order valence-electron chi connectivity index (χ4n) is 4.17. The predicted octanol–water partition coefficient (Wildman–Crippen LogP) is 1.76. The monoisotopic (exact) mass is 354 g/mol. The molecule has 2 fully saturated rings. The van der Waals surface area contributed by atoms with Crippen molar-refractivity contribution in [2.45, 2.75) is 13.3 Å². The van der Waals surface area contributed by atoms with Crippen LogP contribution in [0.2, 0.25) is 0 Å². The van der Waals surface area contributed by atoms with E-state index in [1.807, 2.05) is 12.2 Å². The van der Waals surface area contributed by atoms with Gasteiger partial charge in [-0.2, -0.15) is 10.1 Å². The van der Waals surface area contributed by atoms with Crippen molar-refractivity contribution in [2.75, 3.05) is 7.11 Å². The van der Waals surface area contributed by atoms with Crippen molar-refractivity contribution in [3.05, 3.63) is 35.9 Å². The molecule has 0 radical (unpaired) electrons. The number of rotatable bonds is 4. The predicted molar refractivity (Wildman–Crippen MR) is 91.5 cm³/mol. The number of ether oxygens (including phenoxy) is 2. The molecule has 134 valence electrons. The Balaban J connectivity index is 1.62. The third kappa shape index (κ3) is 2.42. The number of imide groups is 1. The Bertz CT molecular complexity index is 829. The molecule has 7 nitrogen and oxygen atoms in total. The zero-order chi connectivity index (χ0) is 18.4. The molecule has 1 aromatic rings. The molecule has 0 N–H and O–H groups in total. The van der Waals surface area contributed by atoms with Crippen LogP contribution in [0.25, 0.3) is 0 Å². The second kappa shape index (κ2) is 6.09. The number of carbonyl (C=O) groups is 3. The first-order chi connectivity index (χ1) is 12.5. The summed E-state index contributed by atoms with van der Waals surface area (Å²) in [5.41, 5.74) is 0.443. The average molecular weight is 354 g/mol. The lowest BCUT2D eigenvalue weighted by Gasteiger charge is -2.13. The zero-order valence-electron chi connectivity index (χ0n) is 14.4. The number of methoxy groups -OCH3 is 1. The third-order valence-corrected chi connectivity index (χ3v) is 5.23. The molecule has 2 aliphatic carbocycles. The summed E-state index contributed by atoms with van der Waals surface area (Å²) < 4.78 is 10.4. The Morgan fingerprint density at radius 1 is 1.19 bits per heavy atom. The van der Waals surface area contributed by atoms with Crippen LogP contribution in [0.3, 0.4) is 0 Å². The smallest absolute Gasteiger partial charge is 0.308 e. The lowest BCUT2D eigenvalue weighted by Crippen LogP contribution is -2.28. The molecule has 1 heterocycles. The maximum atomic E-state index is 12.6. The summed E-state index contributed by atoms with van der Waals surface area (Å²) in [5, 5.41) is 5.07. The van der Waals surface area contributed by atoms with Gasteiger partial charge >= 0.3 is 5.97 Å². The van der Waals surface area contributed by atoms with Gasteiger partial charge in [-0.05, 0) is 30.4 Å². The van der Waals surface area contributed by atoms with Gasteiger partial charge in [-0.3, -0.25) is 14.4 Å². The second-order valence-electron chi connectivity index (χ2n) is 6.70. The minimum atomic E-state index is -0.505. The van der Waals surface area contributed by atoms with Gasteiger partial charge in [0.2, 0.25) is 0 Å². The lowest BCUT2D eigenvalue weighted by atomic mass is 9.85. The number of hydrogen-bond donors (Lipinski definition) is 0. The Labute approximate surface area is 150 Å². The van der Waals surface area contributed by atoms with Crippen LogP contribution in [0.15, 0.2) is 35.5 Å². The number of hydrazone groups is 1. The van der Waals surface area contributed by atoms with Crippen molar-refractivity contribution in [2.24, 2.45) is 28.8 Å².